The number of aryl methyl sites for hydroxylation is 1. The fourth-order valence-corrected chi connectivity index (χ4v) is 3.79. The van der Waals surface area contributed by atoms with Crippen molar-refractivity contribution in [2.75, 3.05) is 13.7 Å². The molecule has 0 saturated carbocycles. The molecule has 1 fully saturated rings. The van der Waals surface area contributed by atoms with E-state index in [2.05, 4.69) is 24.3 Å². The molecule has 0 N–H and O–H groups in total. The zero-order valence-electron chi connectivity index (χ0n) is 13.8. The number of hydrogen-bond acceptors (Lipinski definition) is 3. The molecule has 24 heavy (non-hydrogen) atoms. The summed E-state index contributed by atoms with van der Waals surface area (Å²) in [5.41, 5.74) is 3.62. The van der Waals surface area contributed by atoms with Crippen LogP contribution in [0.4, 0.5) is 0 Å². The van der Waals surface area contributed by atoms with Crippen molar-refractivity contribution in [3.8, 4) is 5.75 Å². The minimum atomic E-state index is -0.0646. The van der Waals surface area contributed by atoms with E-state index in [0.717, 1.165) is 29.7 Å². The number of methoxy groups -OCH3 is 1. The molecule has 4 rings (SSSR count). The number of carbonyl (C=O) groups excluding carboxylic acids is 1. The first-order chi connectivity index (χ1) is 11.8. The highest BCUT2D eigenvalue weighted by Gasteiger charge is 2.40. The zero-order valence-corrected chi connectivity index (χ0v) is 13.8. The number of ether oxygens (including phenoxy) is 2. The summed E-state index contributed by atoms with van der Waals surface area (Å²) >= 11 is 0. The molecule has 2 aliphatic rings. The van der Waals surface area contributed by atoms with Crippen molar-refractivity contribution < 1.29 is 14.3 Å². The molecule has 4 heteroatoms. The van der Waals surface area contributed by atoms with Gasteiger partial charge in [-0.15, -0.1) is 0 Å². The Bertz CT molecular complexity index is 744. The largest absolute Gasteiger partial charge is 0.497 e. The van der Waals surface area contributed by atoms with Crippen LogP contribution in [0.2, 0.25) is 0 Å². The van der Waals surface area contributed by atoms with Crippen LogP contribution in [0.3, 0.4) is 0 Å². The number of amides is 1. The second-order valence-corrected chi connectivity index (χ2v) is 6.41. The highest BCUT2D eigenvalue weighted by Crippen LogP contribution is 2.40. The van der Waals surface area contributed by atoms with Gasteiger partial charge >= 0.3 is 0 Å². The van der Waals surface area contributed by atoms with Crippen LogP contribution in [-0.4, -0.2) is 30.6 Å². The van der Waals surface area contributed by atoms with Crippen molar-refractivity contribution in [3.63, 3.8) is 0 Å². The molecule has 2 atom stereocenters. The van der Waals surface area contributed by atoms with Gasteiger partial charge in [-0.3, -0.25) is 4.79 Å². The average Bonchev–Trinajstić information content (AvgIpc) is 2.64. The maximum Gasteiger partial charge on any atom is 0.249 e. The molecule has 0 unspecified atom stereocenters. The Morgan fingerprint density at radius 1 is 1.21 bits per heavy atom. The molecule has 1 amide bonds. The molecule has 0 aromatic heterocycles. The number of nitrogens with zero attached hydrogens (tertiary/aromatic N) is 1. The molecule has 1 heterocycles. The van der Waals surface area contributed by atoms with E-state index in [1.807, 2.05) is 29.2 Å². The summed E-state index contributed by atoms with van der Waals surface area (Å²) in [6.45, 7) is 0.786. The van der Waals surface area contributed by atoms with Crippen LogP contribution in [0.25, 0.3) is 0 Å². The Kier molecular flexibility index (Phi) is 3.98. The summed E-state index contributed by atoms with van der Waals surface area (Å²) in [5, 5.41) is 0. The first-order valence-electron chi connectivity index (χ1n) is 8.38. The first-order valence-corrected chi connectivity index (χ1v) is 8.38. The van der Waals surface area contributed by atoms with Crippen LogP contribution in [0.15, 0.2) is 48.5 Å². The highest BCUT2D eigenvalue weighted by molar-refractivity contribution is 5.79. The highest BCUT2D eigenvalue weighted by atomic mass is 16.5. The van der Waals surface area contributed by atoms with Gasteiger partial charge in [0.05, 0.1) is 13.2 Å². The lowest BCUT2D eigenvalue weighted by Gasteiger charge is -2.44. The predicted molar refractivity (Wildman–Crippen MR) is 90.8 cm³/mol. The van der Waals surface area contributed by atoms with Gasteiger partial charge in [0.2, 0.25) is 5.91 Å². The molecule has 2 aromatic rings. The number of fused-ring (bicyclic) bond motifs is 3. The van der Waals surface area contributed by atoms with E-state index in [4.69, 9.17) is 9.47 Å². The summed E-state index contributed by atoms with van der Waals surface area (Å²) in [4.78, 5) is 14.5. The van der Waals surface area contributed by atoms with E-state index >= 15 is 0 Å². The molecule has 1 saturated heterocycles. The second-order valence-electron chi connectivity index (χ2n) is 6.41. The van der Waals surface area contributed by atoms with E-state index < -0.39 is 0 Å². The monoisotopic (exact) mass is 323 g/mol. The van der Waals surface area contributed by atoms with E-state index in [9.17, 15) is 4.79 Å². The van der Waals surface area contributed by atoms with Gasteiger partial charge in [-0.25, -0.2) is 0 Å². The molecule has 0 radical (unpaired) electrons. The molecule has 4 nitrogen and oxygen atoms in total. The van der Waals surface area contributed by atoms with Crippen LogP contribution in [0.5, 0.6) is 5.75 Å². The molecular weight excluding hydrogens is 302 g/mol. The van der Waals surface area contributed by atoms with Gasteiger partial charge in [0.15, 0.2) is 0 Å². The molecule has 2 aromatic carbocycles. The Morgan fingerprint density at radius 2 is 2.04 bits per heavy atom. The SMILES string of the molecule is COc1ccc2c(c1)[C@H]1OCC(=O)N(Cc3ccccc3)[C@@H]1CC2. The smallest absolute Gasteiger partial charge is 0.249 e. The first kappa shape index (κ1) is 15.2. The number of morpholine rings is 1. The van der Waals surface area contributed by atoms with Gasteiger partial charge in [0.25, 0.3) is 0 Å². The number of hydrogen-bond donors (Lipinski definition) is 0. The van der Waals surface area contributed by atoms with Crippen molar-refractivity contribution in [3.05, 3.63) is 65.2 Å². The Hall–Kier alpha value is -2.33. The Morgan fingerprint density at radius 3 is 2.83 bits per heavy atom. The van der Waals surface area contributed by atoms with Gasteiger partial charge in [-0.05, 0) is 41.7 Å². The molecule has 1 aliphatic heterocycles. The summed E-state index contributed by atoms with van der Waals surface area (Å²) in [6.07, 6.45) is 1.83. The van der Waals surface area contributed by atoms with Crippen molar-refractivity contribution in [1.82, 2.24) is 4.90 Å². The topological polar surface area (TPSA) is 38.8 Å². The summed E-state index contributed by atoms with van der Waals surface area (Å²) in [6, 6.07) is 16.4. The third kappa shape index (κ3) is 2.67. The van der Waals surface area contributed by atoms with E-state index in [1.54, 1.807) is 7.11 Å². The molecule has 124 valence electrons. The van der Waals surface area contributed by atoms with Crippen molar-refractivity contribution in [1.29, 1.82) is 0 Å². The molecular formula is C20H21NO3. The van der Waals surface area contributed by atoms with Crippen molar-refractivity contribution in [2.45, 2.75) is 31.5 Å². The Balaban J connectivity index is 1.65. The third-order valence-electron chi connectivity index (χ3n) is 5.02. The quantitative estimate of drug-likeness (QED) is 0.871. The van der Waals surface area contributed by atoms with Gasteiger partial charge in [0, 0.05) is 6.54 Å². The fraction of sp³-hybridized carbons (Fsp3) is 0.350. The fourth-order valence-electron chi connectivity index (χ4n) is 3.79. The number of carbonyl (C=O) groups is 1. The lowest BCUT2D eigenvalue weighted by atomic mass is 9.83. The predicted octanol–water partition coefficient (Wildman–Crippen LogP) is 3.11. The molecule has 0 spiro atoms. The lowest BCUT2D eigenvalue weighted by Crippen LogP contribution is -2.51. The van der Waals surface area contributed by atoms with Crippen molar-refractivity contribution in [2.24, 2.45) is 0 Å². The molecule has 1 aliphatic carbocycles. The van der Waals surface area contributed by atoms with Gasteiger partial charge in [0.1, 0.15) is 18.5 Å². The molecule has 0 bridgehead atoms. The van der Waals surface area contributed by atoms with Crippen LogP contribution in [0, 0.1) is 0 Å². The van der Waals surface area contributed by atoms with E-state index in [-0.39, 0.29) is 24.7 Å². The van der Waals surface area contributed by atoms with Crippen molar-refractivity contribution >= 4 is 5.91 Å². The van der Waals surface area contributed by atoms with Gasteiger partial charge in [-0.1, -0.05) is 36.4 Å². The zero-order chi connectivity index (χ0) is 16.5. The van der Waals surface area contributed by atoms with Gasteiger partial charge in [-0.2, -0.15) is 0 Å². The maximum atomic E-state index is 12.5. The van der Waals surface area contributed by atoms with Crippen LogP contribution in [0.1, 0.15) is 29.2 Å². The third-order valence-corrected chi connectivity index (χ3v) is 5.02. The van der Waals surface area contributed by atoms with E-state index in [0.29, 0.717) is 6.54 Å². The normalized spacial score (nSPS) is 22.7. The number of benzene rings is 2. The maximum absolute atomic E-state index is 12.5. The van der Waals surface area contributed by atoms with Crippen LogP contribution < -0.4 is 4.74 Å². The second kappa shape index (κ2) is 6.29. The van der Waals surface area contributed by atoms with Crippen LogP contribution in [-0.2, 0) is 22.5 Å². The summed E-state index contributed by atoms with van der Waals surface area (Å²) < 4.78 is 11.3. The minimum Gasteiger partial charge on any atom is -0.497 e. The standard InChI is InChI=1S/C20H21NO3/c1-23-16-9-7-15-8-10-18-20(17(15)11-16)24-13-19(22)21(18)12-14-5-3-2-4-6-14/h2-7,9,11,18,20H,8,10,12-13H2,1H3/t18-,20-/m1/s1. The summed E-state index contributed by atoms with van der Waals surface area (Å²) in [7, 11) is 1.68. The van der Waals surface area contributed by atoms with Gasteiger partial charge < -0.3 is 14.4 Å². The number of rotatable bonds is 3. The minimum absolute atomic E-state index is 0.0646. The van der Waals surface area contributed by atoms with Crippen LogP contribution >= 0.6 is 0 Å². The summed E-state index contributed by atoms with van der Waals surface area (Å²) in [5.74, 6) is 0.913. The Labute approximate surface area is 142 Å². The van der Waals surface area contributed by atoms with E-state index in [1.165, 1.54) is 5.56 Å². The average molecular weight is 323 g/mol. The lowest BCUT2D eigenvalue weighted by molar-refractivity contribution is -0.160.